The maximum absolute atomic E-state index is 12.4. The van der Waals surface area contributed by atoms with Crippen molar-refractivity contribution in [2.24, 2.45) is 0 Å². The zero-order valence-corrected chi connectivity index (χ0v) is 12.5. The number of nitrogens with one attached hydrogen (secondary N) is 1. The summed E-state index contributed by atoms with van der Waals surface area (Å²) in [6.45, 7) is 1.44. The summed E-state index contributed by atoms with van der Waals surface area (Å²) in [6, 6.07) is 5.29. The van der Waals surface area contributed by atoms with E-state index in [0.29, 0.717) is 30.8 Å². The molecule has 1 aliphatic heterocycles. The molecule has 2 fully saturated rings. The summed E-state index contributed by atoms with van der Waals surface area (Å²) in [5, 5.41) is 13.1. The van der Waals surface area contributed by atoms with Gasteiger partial charge in [0.05, 0.1) is 19.8 Å². The van der Waals surface area contributed by atoms with E-state index < -0.39 is 0 Å². The summed E-state index contributed by atoms with van der Waals surface area (Å²) in [4.78, 5) is 14.4. The highest BCUT2D eigenvalue weighted by Crippen LogP contribution is 2.28. The van der Waals surface area contributed by atoms with E-state index in [4.69, 9.17) is 16.3 Å². The topological polar surface area (TPSA) is 61.8 Å². The third kappa shape index (κ3) is 3.31. The molecule has 1 amide bonds. The summed E-state index contributed by atoms with van der Waals surface area (Å²) in [6.07, 6.45) is 2.11. The van der Waals surface area contributed by atoms with Crippen LogP contribution in [0.1, 0.15) is 18.4 Å². The van der Waals surface area contributed by atoms with Crippen molar-refractivity contribution in [3.63, 3.8) is 0 Å². The Morgan fingerprint density at radius 1 is 1.48 bits per heavy atom. The lowest BCUT2D eigenvalue weighted by atomic mass is 10.1. The molecule has 1 heterocycles. The van der Waals surface area contributed by atoms with Crippen molar-refractivity contribution < 1.29 is 14.6 Å². The number of amides is 1. The van der Waals surface area contributed by atoms with Gasteiger partial charge in [0.25, 0.3) is 0 Å². The van der Waals surface area contributed by atoms with Crippen molar-refractivity contribution in [3.05, 3.63) is 28.8 Å². The van der Waals surface area contributed by atoms with Gasteiger partial charge >= 0.3 is 0 Å². The van der Waals surface area contributed by atoms with Crippen LogP contribution >= 0.6 is 11.6 Å². The maximum Gasteiger partial charge on any atom is 0.245 e. The van der Waals surface area contributed by atoms with E-state index in [1.54, 1.807) is 18.2 Å². The second kappa shape index (κ2) is 6.22. The molecule has 3 rings (SSSR count). The molecule has 1 saturated heterocycles. The van der Waals surface area contributed by atoms with Crippen molar-refractivity contribution in [1.82, 2.24) is 5.32 Å². The van der Waals surface area contributed by atoms with Gasteiger partial charge in [0.2, 0.25) is 5.91 Å². The predicted octanol–water partition coefficient (Wildman–Crippen LogP) is 1.32. The monoisotopic (exact) mass is 310 g/mol. The Morgan fingerprint density at radius 3 is 3.00 bits per heavy atom. The number of ether oxygens (including phenoxy) is 1. The number of anilines is 1. The van der Waals surface area contributed by atoms with Gasteiger partial charge in [-0.15, -0.1) is 0 Å². The molecule has 1 aromatic rings. The number of halogens is 1. The fraction of sp³-hybridized carbons (Fsp3) is 0.533. The number of aliphatic hydroxyl groups is 1. The van der Waals surface area contributed by atoms with Crippen molar-refractivity contribution in [1.29, 1.82) is 0 Å². The third-order valence-electron chi connectivity index (χ3n) is 3.88. The molecule has 1 aromatic carbocycles. The minimum Gasteiger partial charge on any atom is -0.392 e. The molecule has 0 spiro atoms. The Kier molecular flexibility index (Phi) is 4.33. The highest BCUT2D eigenvalue weighted by Gasteiger charge is 2.34. The molecule has 1 aliphatic carbocycles. The van der Waals surface area contributed by atoms with Crippen LogP contribution in [-0.2, 0) is 16.1 Å². The van der Waals surface area contributed by atoms with Gasteiger partial charge in [0, 0.05) is 28.9 Å². The van der Waals surface area contributed by atoms with Crippen LogP contribution in [0.15, 0.2) is 18.2 Å². The number of nitrogens with zero attached hydrogens (tertiary/aromatic N) is 1. The van der Waals surface area contributed by atoms with Gasteiger partial charge in [0.15, 0.2) is 0 Å². The number of carbonyl (C=O) groups is 1. The first-order chi connectivity index (χ1) is 10.2. The zero-order valence-electron chi connectivity index (χ0n) is 11.7. The van der Waals surface area contributed by atoms with Crippen LogP contribution in [0.5, 0.6) is 0 Å². The Labute approximate surface area is 128 Å². The maximum atomic E-state index is 12.4. The number of benzene rings is 1. The quantitative estimate of drug-likeness (QED) is 0.880. The standard InChI is InChI=1S/C15H19ClN2O3/c16-11-2-1-10(8-19)13(7-11)18-5-6-21-9-14(18)15(20)17-12-3-4-12/h1-2,7,12,14,19H,3-6,8-9H2,(H,17,20). The van der Waals surface area contributed by atoms with Gasteiger partial charge < -0.3 is 20.1 Å². The van der Waals surface area contributed by atoms with E-state index in [9.17, 15) is 9.90 Å². The first kappa shape index (κ1) is 14.6. The van der Waals surface area contributed by atoms with Crippen LogP contribution < -0.4 is 10.2 Å². The molecule has 5 nitrogen and oxygen atoms in total. The summed E-state index contributed by atoms with van der Waals surface area (Å²) in [5.74, 6) is -0.0129. The van der Waals surface area contributed by atoms with E-state index in [2.05, 4.69) is 5.32 Å². The predicted molar refractivity (Wildman–Crippen MR) is 80.5 cm³/mol. The number of morpholine rings is 1. The molecule has 6 heteroatoms. The number of hydrogen-bond acceptors (Lipinski definition) is 4. The normalized spacial score (nSPS) is 22.2. The number of carbonyl (C=O) groups excluding carboxylic acids is 1. The van der Waals surface area contributed by atoms with Crippen LogP contribution in [-0.4, -0.2) is 42.9 Å². The first-order valence-electron chi connectivity index (χ1n) is 7.23. The van der Waals surface area contributed by atoms with Crippen LogP contribution in [0.2, 0.25) is 5.02 Å². The SMILES string of the molecule is O=C(NC1CC1)C1COCCN1c1cc(Cl)ccc1CO. The Hall–Kier alpha value is -1.30. The van der Waals surface area contributed by atoms with Gasteiger partial charge in [-0.2, -0.15) is 0 Å². The Bertz CT molecular complexity index is 534. The molecular weight excluding hydrogens is 292 g/mol. The third-order valence-corrected chi connectivity index (χ3v) is 4.12. The van der Waals surface area contributed by atoms with E-state index >= 15 is 0 Å². The van der Waals surface area contributed by atoms with Crippen molar-refractivity contribution in [3.8, 4) is 0 Å². The molecular formula is C15H19ClN2O3. The van der Waals surface area contributed by atoms with Crippen molar-refractivity contribution in [2.75, 3.05) is 24.7 Å². The molecule has 0 radical (unpaired) electrons. The van der Waals surface area contributed by atoms with Crippen molar-refractivity contribution in [2.45, 2.75) is 31.5 Å². The van der Waals surface area contributed by atoms with Gasteiger partial charge in [-0.25, -0.2) is 0 Å². The second-order valence-corrected chi connectivity index (χ2v) is 5.93. The highest BCUT2D eigenvalue weighted by atomic mass is 35.5. The summed E-state index contributed by atoms with van der Waals surface area (Å²) in [7, 11) is 0. The zero-order chi connectivity index (χ0) is 14.8. The number of hydrogen-bond donors (Lipinski definition) is 2. The van der Waals surface area contributed by atoms with Gasteiger partial charge in [-0.1, -0.05) is 17.7 Å². The molecule has 0 bridgehead atoms. The first-order valence-corrected chi connectivity index (χ1v) is 7.61. The molecule has 0 aromatic heterocycles. The van der Waals surface area contributed by atoms with Crippen LogP contribution in [0.3, 0.4) is 0 Å². The average Bonchev–Trinajstić information content (AvgIpc) is 3.31. The molecule has 114 valence electrons. The summed E-state index contributed by atoms with van der Waals surface area (Å²) < 4.78 is 5.46. The fourth-order valence-electron chi connectivity index (χ4n) is 2.57. The molecule has 2 N–H and O–H groups in total. The lowest BCUT2D eigenvalue weighted by Gasteiger charge is -2.37. The minimum absolute atomic E-state index is 0.0129. The fourth-order valence-corrected chi connectivity index (χ4v) is 2.74. The number of aliphatic hydroxyl groups excluding tert-OH is 1. The average molecular weight is 311 g/mol. The van der Waals surface area contributed by atoms with Crippen LogP contribution in [0, 0.1) is 0 Å². The Balaban J connectivity index is 1.86. The van der Waals surface area contributed by atoms with E-state index in [1.165, 1.54) is 0 Å². The molecule has 21 heavy (non-hydrogen) atoms. The minimum atomic E-state index is -0.372. The molecule has 1 unspecified atom stereocenters. The molecule has 1 atom stereocenters. The van der Waals surface area contributed by atoms with Gasteiger partial charge in [-0.3, -0.25) is 4.79 Å². The lowest BCUT2D eigenvalue weighted by molar-refractivity contribution is -0.124. The lowest BCUT2D eigenvalue weighted by Crippen LogP contribution is -2.54. The van der Waals surface area contributed by atoms with E-state index in [1.807, 2.05) is 4.90 Å². The summed E-state index contributed by atoms with van der Waals surface area (Å²) in [5.41, 5.74) is 1.58. The molecule has 2 aliphatic rings. The van der Waals surface area contributed by atoms with Gasteiger partial charge in [0.1, 0.15) is 6.04 Å². The highest BCUT2D eigenvalue weighted by molar-refractivity contribution is 6.30. The van der Waals surface area contributed by atoms with Crippen LogP contribution in [0.4, 0.5) is 5.69 Å². The van der Waals surface area contributed by atoms with Crippen molar-refractivity contribution >= 4 is 23.2 Å². The van der Waals surface area contributed by atoms with E-state index in [-0.39, 0.29) is 18.6 Å². The second-order valence-electron chi connectivity index (χ2n) is 5.50. The largest absolute Gasteiger partial charge is 0.392 e. The Morgan fingerprint density at radius 2 is 2.29 bits per heavy atom. The van der Waals surface area contributed by atoms with Gasteiger partial charge in [-0.05, 0) is 25.0 Å². The smallest absolute Gasteiger partial charge is 0.245 e. The summed E-state index contributed by atoms with van der Waals surface area (Å²) >= 11 is 6.07. The number of rotatable bonds is 4. The van der Waals surface area contributed by atoms with E-state index in [0.717, 1.165) is 24.1 Å². The van der Waals surface area contributed by atoms with Crippen LogP contribution in [0.25, 0.3) is 0 Å². The molecule has 1 saturated carbocycles.